The minimum absolute atomic E-state index is 0.0935. The molecule has 2 unspecified atom stereocenters. The maximum absolute atomic E-state index is 11.7. The van der Waals surface area contributed by atoms with Gasteiger partial charge < -0.3 is 15.2 Å². The minimum Gasteiger partial charge on any atom is -0.481 e. The van der Waals surface area contributed by atoms with Crippen LogP contribution in [0.5, 0.6) is 0 Å². The van der Waals surface area contributed by atoms with Gasteiger partial charge in [0.15, 0.2) is 0 Å². The Balaban J connectivity index is 2.09. The zero-order valence-electron chi connectivity index (χ0n) is 9.27. The molecule has 3 N–H and O–H groups in total. The summed E-state index contributed by atoms with van der Waals surface area (Å²) in [5.41, 5.74) is -0.792. The number of nitrogens with zero attached hydrogens (tertiary/aromatic N) is 1. The Kier molecular flexibility index (Phi) is 2.84. The van der Waals surface area contributed by atoms with Gasteiger partial charge in [0, 0.05) is 6.20 Å². The van der Waals surface area contributed by atoms with Crippen molar-refractivity contribution in [1.82, 2.24) is 15.5 Å². The second kappa shape index (κ2) is 4.17. The number of carboxylic acids is 1. The van der Waals surface area contributed by atoms with E-state index < -0.39 is 17.4 Å². The predicted octanol–water partition coefficient (Wildman–Crippen LogP) is -0.371. The van der Waals surface area contributed by atoms with Crippen molar-refractivity contribution in [2.45, 2.75) is 13.0 Å². The first-order chi connectivity index (χ1) is 8.04. The number of hydrogen-bond donors (Lipinski definition) is 3. The van der Waals surface area contributed by atoms with Crippen molar-refractivity contribution < 1.29 is 19.4 Å². The summed E-state index contributed by atoms with van der Waals surface area (Å²) in [6.45, 7) is 1.85. The maximum atomic E-state index is 11.7. The van der Waals surface area contributed by atoms with Crippen molar-refractivity contribution in [3.05, 3.63) is 18.0 Å². The van der Waals surface area contributed by atoms with Gasteiger partial charge in [-0.1, -0.05) is 0 Å². The maximum Gasteiger partial charge on any atom is 0.313 e. The molecule has 17 heavy (non-hydrogen) atoms. The molecule has 1 saturated heterocycles. The van der Waals surface area contributed by atoms with Crippen LogP contribution in [-0.2, 0) is 9.53 Å². The fourth-order valence-electron chi connectivity index (χ4n) is 1.70. The second-order valence-corrected chi connectivity index (χ2v) is 4.23. The number of nitrogens with one attached hydrogen (secondary N) is 2. The van der Waals surface area contributed by atoms with Crippen LogP contribution in [0.3, 0.4) is 0 Å². The summed E-state index contributed by atoms with van der Waals surface area (Å²) in [6, 6.07) is 0.972. The Morgan fingerprint density at radius 3 is 3.06 bits per heavy atom. The normalized spacial score (nSPS) is 27.9. The molecule has 0 aliphatic carbocycles. The Morgan fingerprint density at radius 1 is 1.71 bits per heavy atom. The van der Waals surface area contributed by atoms with Crippen LogP contribution in [-0.4, -0.2) is 46.4 Å². The van der Waals surface area contributed by atoms with Gasteiger partial charge in [-0.05, 0) is 13.0 Å². The van der Waals surface area contributed by atoms with E-state index in [2.05, 4.69) is 15.5 Å². The average molecular weight is 239 g/mol. The van der Waals surface area contributed by atoms with E-state index in [-0.39, 0.29) is 19.1 Å². The van der Waals surface area contributed by atoms with E-state index in [9.17, 15) is 9.59 Å². The molecule has 92 valence electrons. The van der Waals surface area contributed by atoms with E-state index in [0.29, 0.717) is 5.69 Å². The van der Waals surface area contributed by atoms with Gasteiger partial charge in [0.05, 0.1) is 19.3 Å². The lowest BCUT2D eigenvalue weighted by molar-refractivity contribution is -0.148. The molecule has 0 spiro atoms. The molecule has 2 atom stereocenters. The third kappa shape index (κ3) is 2.01. The van der Waals surface area contributed by atoms with Crippen LogP contribution in [0.15, 0.2) is 12.3 Å². The number of carboxylic acid groups (broad SMARTS) is 1. The monoisotopic (exact) mass is 239 g/mol. The number of ether oxygens (including phenoxy) is 1. The Hall–Kier alpha value is -1.89. The molecule has 2 rings (SSSR count). The van der Waals surface area contributed by atoms with Crippen LogP contribution in [0.1, 0.15) is 17.4 Å². The first kappa shape index (κ1) is 11.6. The number of carbonyl (C=O) groups is 2. The molecule has 1 aromatic rings. The van der Waals surface area contributed by atoms with Crippen LogP contribution >= 0.6 is 0 Å². The fraction of sp³-hybridized carbons (Fsp3) is 0.500. The fourth-order valence-corrected chi connectivity index (χ4v) is 1.70. The van der Waals surface area contributed by atoms with Crippen molar-refractivity contribution in [3.8, 4) is 0 Å². The van der Waals surface area contributed by atoms with Crippen LogP contribution in [0.25, 0.3) is 0 Å². The van der Waals surface area contributed by atoms with Gasteiger partial charge in [-0.15, -0.1) is 0 Å². The van der Waals surface area contributed by atoms with Crippen molar-refractivity contribution in [3.63, 3.8) is 0 Å². The van der Waals surface area contributed by atoms with Crippen molar-refractivity contribution >= 4 is 11.9 Å². The molecular weight excluding hydrogens is 226 g/mol. The highest BCUT2D eigenvalue weighted by Crippen LogP contribution is 2.28. The number of aliphatic carboxylic acids is 1. The zero-order valence-corrected chi connectivity index (χ0v) is 9.27. The molecule has 2 heterocycles. The highest BCUT2D eigenvalue weighted by atomic mass is 16.5. The smallest absolute Gasteiger partial charge is 0.313 e. The van der Waals surface area contributed by atoms with E-state index in [1.807, 2.05) is 0 Å². The van der Waals surface area contributed by atoms with Crippen LogP contribution in [0.2, 0.25) is 0 Å². The van der Waals surface area contributed by atoms with Gasteiger partial charge in [-0.25, -0.2) is 0 Å². The van der Waals surface area contributed by atoms with Crippen molar-refractivity contribution in [2.75, 3.05) is 13.2 Å². The molecule has 7 heteroatoms. The van der Waals surface area contributed by atoms with Crippen molar-refractivity contribution in [1.29, 1.82) is 0 Å². The standard InChI is InChI=1S/C10H13N3O4/c1-10(9(15)16)5-17-4-7(10)12-8(14)6-2-3-11-13-6/h2-3,7H,4-5H2,1H3,(H,11,13)(H,12,14)(H,15,16). The molecular formula is C10H13N3O4. The Labute approximate surface area is 97.2 Å². The summed E-state index contributed by atoms with van der Waals surface area (Å²) in [7, 11) is 0. The first-order valence-corrected chi connectivity index (χ1v) is 5.15. The summed E-state index contributed by atoms with van der Waals surface area (Å²) in [6.07, 6.45) is 1.45. The molecule has 1 amide bonds. The lowest BCUT2D eigenvalue weighted by atomic mass is 9.85. The third-order valence-corrected chi connectivity index (χ3v) is 2.99. The molecule has 1 fully saturated rings. The number of H-pyrrole nitrogens is 1. The zero-order chi connectivity index (χ0) is 12.5. The lowest BCUT2D eigenvalue weighted by Gasteiger charge is -2.25. The molecule has 1 aromatic heterocycles. The van der Waals surface area contributed by atoms with Gasteiger partial charge in [0.1, 0.15) is 11.1 Å². The van der Waals surface area contributed by atoms with Crippen LogP contribution < -0.4 is 5.32 Å². The first-order valence-electron chi connectivity index (χ1n) is 5.15. The Bertz CT molecular complexity index is 431. The largest absolute Gasteiger partial charge is 0.481 e. The van der Waals surface area contributed by atoms with E-state index in [1.54, 1.807) is 6.92 Å². The Morgan fingerprint density at radius 2 is 2.47 bits per heavy atom. The molecule has 7 nitrogen and oxygen atoms in total. The topological polar surface area (TPSA) is 104 Å². The highest BCUT2D eigenvalue weighted by Gasteiger charge is 2.47. The van der Waals surface area contributed by atoms with Gasteiger partial charge in [0.2, 0.25) is 0 Å². The number of carbonyl (C=O) groups excluding carboxylic acids is 1. The molecule has 0 radical (unpaired) electrons. The molecule has 0 bridgehead atoms. The summed E-state index contributed by atoms with van der Waals surface area (Å²) in [4.78, 5) is 22.9. The SMILES string of the molecule is CC1(C(=O)O)COCC1NC(=O)c1ccn[nH]1. The van der Waals surface area contributed by atoms with Gasteiger partial charge >= 0.3 is 5.97 Å². The predicted molar refractivity (Wildman–Crippen MR) is 56.4 cm³/mol. The molecule has 1 aliphatic heterocycles. The number of hydrogen-bond acceptors (Lipinski definition) is 4. The number of rotatable bonds is 3. The van der Waals surface area contributed by atoms with E-state index in [1.165, 1.54) is 12.3 Å². The summed E-state index contributed by atoms with van der Waals surface area (Å²) in [5, 5.41) is 17.9. The minimum atomic E-state index is -1.09. The van der Waals surface area contributed by atoms with E-state index >= 15 is 0 Å². The van der Waals surface area contributed by atoms with Crippen LogP contribution in [0.4, 0.5) is 0 Å². The van der Waals surface area contributed by atoms with Gasteiger partial charge in [0.25, 0.3) is 5.91 Å². The summed E-state index contributed by atoms with van der Waals surface area (Å²) < 4.78 is 5.13. The number of aromatic nitrogens is 2. The highest BCUT2D eigenvalue weighted by molar-refractivity contribution is 5.93. The van der Waals surface area contributed by atoms with Crippen LogP contribution in [0, 0.1) is 5.41 Å². The number of amides is 1. The lowest BCUT2D eigenvalue weighted by Crippen LogP contribution is -2.49. The average Bonchev–Trinajstić information content (AvgIpc) is 2.89. The van der Waals surface area contributed by atoms with E-state index in [4.69, 9.17) is 9.84 Å². The molecule has 0 saturated carbocycles. The second-order valence-electron chi connectivity index (χ2n) is 4.23. The summed E-state index contributed by atoms with van der Waals surface area (Å²) >= 11 is 0. The summed E-state index contributed by atoms with van der Waals surface area (Å²) in [5.74, 6) is -1.37. The third-order valence-electron chi connectivity index (χ3n) is 2.99. The van der Waals surface area contributed by atoms with E-state index in [0.717, 1.165) is 0 Å². The quantitative estimate of drug-likeness (QED) is 0.667. The molecule has 0 aromatic carbocycles. The van der Waals surface area contributed by atoms with Crippen molar-refractivity contribution in [2.24, 2.45) is 5.41 Å². The molecule has 1 aliphatic rings. The van der Waals surface area contributed by atoms with Gasteiger partial charge in [-0.3, -0.25) is 14.7 Å². The van der Waals surface area contributed by atoms with Gasteiger partial charge in [-0.2, -0.15) is 5.10 Å². The number of aromatic amines is 1.